The van der Waals surface area contributed by atoms with Crippen molar-refractivity contribution in [3.05, 3.63) is 41.1 Å². The van der Waals surface area contributed by atoms with Crippen molar-refractivity contribution in [3.63, 3.8) is 0 Å². The van der Waals surface area contributed by atoms with Gasteiger partial charge in [-0.05, 0) is 51.6 Å². The van der Waals surface area contributed by atoms with E-state index >= 15 is 0 Å². The first-order valence-electron chi connectivity index (χ1n) is 7.72. The highest BCUT2D eigenvalue weighted by Crippen LogP contribution is 2.34. The molecule has 0 amide bonds. The van der Waals surface area contributed by atoms with Crippen molar-refractivity contribution in [1.82, 2.24) is 20.4 Å². The lowest BCUT2D eigenvalue weighted by atomic mass is 10.1. The maximum atomic E-state index is 13.4. The molecule has 7 heteroatoms. The van der Waals surface area contributed by atoms with Crippen LogP contribution in [-0.4, -0.2) is 28.2 Å². The maximum Gasteiger partial charge on any atom is 0.269 e. The molecule has 1 unspecified atom stereocenters. The minimum atomic E-state index is -0.215. The number of benzene rings is 1. The molecule has 2 aromatic heterocycles. The van der Waals surface area contributed by atoms with Crippen molar-refractivity contribution in [1.29, 1.82) is 0 Å². The summed E-state index contributed by atoms with van der Waals surface area (Å²) in [5, 5.41) is 7.99. The average molecular weight is 346 g/mol. The first kappa shape index (κ1) is 16.7. The molecule has 0 fully saturated rings. The van der Waals surface area contributed by atoms with Gasteiger partial charge in [-0.3, -0.25) is 0 Å². The second-order valence-electron chi connectivity index (χ2n) is 5.81. The van der Waals surface area contributed by atoms with E-state index in [1.165, 1.54) is 17.4 Å². The van der Waals surface area contributed by atoms with Crippen molar-refractivity contribution in [3.8, 4) is 21.3 Å². The molecule has 0 aliphatic carbocycles. The van der Waals surface area contributed by atoms with Gasteiger partial charge in [0.05, 0.1) is 5.69 Å². The van der Waals surface area contributed by atoms with Crippen molar-refractivity contribution in [2.75, 3.05) is 7.05 Å². The van der Waals surface area contributed by atoms with E-state index in [4.69, 9.17) is 4.52 Å². The van der Waals surface area contributed by atoms with Crippen LogP contribution in [0, 0.1) is 19.7 Å². The molecular weight excluding hydrogens is 327 g/mol. The number of nitrogens with one attached hydrogen (secondary N) is 1. The highest BCUT2D eigenvalue weighted by Gasteiger charge is 2.18. The number of aryl methyl sites for hydroxylation is 2. The van der Waals surface area contributed by atoms with Crippen LogP contribution in [0.25, 0.3) is 21.3 Å². The van der Waals surface area contributed by atoms with E-state index in [1.807, 2.05) is 14.0 Å². The van der Waals surface area contributed by atoms with Crippen molar-refractivity contribution in [2.45, 2.75) is 33.2 Å². The molecule has 2 heterocycles. The van der Waals surface area contributed by atoms with Crippen LogP contribution in [0.4, 0.5) is 4.39 Å². The lowest BCUT2D eigenvalue weighted by Crippen LogP contribution is -2.24. The van der Waals surface area contributed by atoms with E-state index in [1.54, 1.807) is 19.1 Å². The van der Waals surface area contributed by atoms with Crippen LogP contribution in [-0.2, 0) is 6.42 Å². The normalized spacial score (nSPS) is 12.5. The highest BCUT2D eigenvalue weighted by molar-refractivity contribution is 7.18. The molecule has 0 aliphatic rings. The lowest BCUT2D eigenvalue weighted by Gasteiger charge is -2.04. The number of hydrogen-bond donors (Lipinski definition) is 1. The third-order valence-corrected chi connectivity index (χ3v) is 5.04. The second-order valence-corrected chi connectivity index (χ2v) is 6.81. The van der Waals surface area contributed by atoms with Crippen LogP contribution in [0.2, 0.25) is 0 Å². The molecule has 0 aliphatic heterocycles. The van der Waals surface area contributed by atoms with Crippen LogP contribution in [0.1, 0.15) is 24.0 Å². The Bertz CT molecular complexity index is 858. The summed E-state index contributed by atoms with van der Waals surface area (Å²) in [6.07, 6.45) is 0.696. The molecule has 24 heavy (non-hydrogen) atoms. The van der Waals surface area contributed by atoms with E-state index < -0.39 is 0 Å². The van der Waals surface area contributed by atoms with Gasteiger partial charge in [0.1, 0.15) is 15.7 Å². The number of likely N-dealkylation sites (N-methyl/N-ethyl adjacent to an activating group) is 1. The fraction of sp³-hybridized carbons (Fsp3) is 0.353. The molecule has 0 saturated carbocycles. The fourth-order valence-electron chi connectivity index (χ4n) is 2.30. The third-order valence-electron chi connectivity index (χ3n) is 3.85. The summed E-state index contributed by atoms with van der Waals surface area (Å²) in [7, 11) is 1.90. The van der Waals surface area contributed by atoms with Crippen LogP contribution in [0.3, 0.4) is 0 Å². The standard InChI is InChI=1S/C17H19FN4OS/c1-9-7-12(5-6-13(9)18)17-20-11(3)15(24-17)16-21-14(22-23-16)8-10(2)19-4/h5-7,10,19H,8H2,1-4H3. The zero-order valence-corrected chi connectivity index (χ0v) is 14.9. The zero-order chi connectivity index (χ0) is 17.3. The molecule has 1 atom stereocenters. The smallest absolute Gasteiger partial charge is 0.269 e. The molecule has 3 aromatic rings. The topological polar surface area (TPSA) is 63.8 Å². The molecule has 0 radical (unpaired) electrons. The zero-order valence-electron chi connectivity index (χ0n) is 14.1. The Morgan fingerprint density at radius 1 is 1.29 bits per heavy atom. The van der Waals surface area contributed by atoms with Crippen LogP contribution >= 0.6 is 11.3 Å². The van der Waals surface area contributed by atoms with Crippen molar-refractivity contribution >= 4 is 11.3 Å². The van der Waals surface area contributed by atoms with E-state index in [9.17, 15) is 4.39 Å². The molecular formula is C17H19FN4OS. The van der Waals surface area contributed by atoms with E-state index in [0.29, 0.717) is 23.7 Å². The minimum Gasteiger partial charge on any atom is -0.333 e. The van der Waals surface area contributed by atoms with Gasteiger partial charge in [-0.25, -0.2) is 9.37 Å². The third kappa shape index (κ3) is 3.37. The van der Waals surface area contributed by atoms with Gasteiger partial charge in [0.2, 0.25) is 0 Å². The monoisotopic (exact) mass is 346 g/mol. The summed E-state index contributed by atoms with van der Waals surface area (Å²) in [6, 6.07) is 5.27. The largest absolute Gasteiger partial charge is 0.333 e. The fourth-order valence-corrected chi connectivity index (χ4v) is 3.29. The Kier molecular flexibility index (Phi) is 4.73. The molecule has 1 aromatic carbocycles. The summed E-state index contributed by atoms with van der Waals surface area (Å²) in [5.74, 6) is 0.930. The number of nitrogens with zero attached hydrogens (tertiary/aromatic N) is 3. The minimum absolute atomic E-state index is 0.215. The molecule has 5 nitrogen and oxygen atoms in total. The quantitative estimate of drug-likeness (QED) is 0.762. The van der Waals surface area contributed by atoms with Crippen LogP contribution in [0.5, 0.6) is 0 Å². The highest BCUT2D eigenvalue weighted by atomic mass is 32.1. The first-order chi connectivity index (χ1) is 11.5. The molecule has 0 bridgehead atoms. The summed E-state index contributed by atoms with van der Waals surface area (Å²) in [5.41, 5.74) is 2.31. The maximum absolute atomic E-state index is 13.4. The Labute approximate surface area is 143 Å². The number of rotatable bonds is 5. The molecule has 3 rings (SSSR count). The number of halogens is 1. The molecule has 0 saturated heterocycles. The SMILES string of the molecule is CNC(C)Cc1noc(-c2sc(-c3ccc(F)c(C)c3)nc2C)n1. The van der Waals surface area contributed by atoms with Gasteiger partial charge >= 0.3 is 0 Å². The number of hydrogen-bond acceptors (Lipinski definition) is 6. The van der Waals surface area contributed by atoms with Gasteiger partial charge < -0.3 is 9.84 Å². The van der Waals surface area contributed by atoms with Gasteiger partial charge in [0.25, 0.3) is 5.89 Å². The van der Waals surface area contributed by atoms with E-state index in [2.05, 4.69) is 27.4 Å². The van der Waals surface area contributed by atoms with Gasteiger partial charge in [-0.15, -0.1) is 11.3 Å². The Balaban J connectivity index is 1.90. The Morgan fingerprint density at radius 3 is 2.79 bits per heavy atom. The molecule has 1 N–H and O–H groups in total. The summed E-state index contributed by atoms with van der Waals surface area (Å²) in [4.78, 5) is 9.88. The van der Waals surface area contributed by atoms with Gasteiger partial charge in [-0.2, -0.15) is 4.98 Å². The summed E-state index contributed by atoms with van der Waals surface area (Å²) >= 11 is 1.47. The predicted molar refractivity (Wildman–Crippen MR) is 92.5 cm³/mol. The van der Waals surface area contributed by atoms with Gasteiger partial charge in [0, 0.05) is 18.0 Å². The lowest BCUT2D eigenvalue weighted by molar-refractivity contribution is 0.418. The van der Waals surface area contributed by atoms with E-state index in [0.717, 1.165) is 21.1 Å². The van der Waals surface area contributed by atoms with Crippen molar-refractivity contribution < 1.29 is 8.91 Å². The summed E-state index contributed by atoms with van der Waals surface area (Å²) in [6.45, 7) is 5.71. The van der Waals surface area contributed by atoms with Gasteiger partial charge in [0.15, 0.2) is 5.82 Å². The van der Waals surface area contributed by atoms with Crippen LogP contribution in [0.15, 0.2) is 22.7 Å². The molecule has 126 valence electrons. The second kappa shape index (κ2) is 6.78. The average Bonchev–Trinajstić information content (AvgIpc) is 3.16. The molecule has 0 spiro atoms. The predicted octanol–water partition coefficient (Wildman–Crippen LogP) is 3.77. The van der Waals surface area contributed by atoms with Crippen molar-refractivity contribution in [2.24, 2.45) is 0 Å². The number of thiazole rings is 1. The Hall–Kier alpha value is -2.12. The van der Waals surface area contributed by atoms with Crippen LogP contribution < -0.4 is 5.32 Å². The first-order valence-corrected chi connectivity index (χ1v) is 8.53. The van der Waals surface area contributed by atoms with E-state index in [-0.39, 0.29) is 11.9 Å². The number of aromatic nitrogens is 3. The summed E-state index contributed by atoms with van der Waals surface area (Å²) < 4.78 is 18.8. The van der Waals surface area contributed by atoms with Gasteiger partial charge in [-0.1, -0.05) is 5.16 Å². The Morgan fingerprint density at radius 2 is 2.08 bits per heavy atom.